The SMILES string of the molecule is O=C(O)C=C1NCCC2CC=CC=C12. The second-order valence-electron chi connectivity index (χ2n) is 3.59. The van der Waals surface area contributed by atoms with Crippen LogP contribution in [0.5, 0.6) is 0 Å². The van der Waals surface area contributed by atoms with Crippen molar-refractivity contribution in [3.63, 3.8) is 0 Å². The minimum Gasteiger partial charge on any atom is -0.478 e. The topological polar surface area (TPSA) is 49.3 Å². The second-order valence-corrected chi connectivity index (χ2v) is 3.59. The first kappa shape index (κ1) is 9.06. The molecule has 1 fully saturated rings. The molecular formula is C11H13NO2. The third-order valence-electron chi connectivity index (χ3n) is 2.66. The number of hydrogen-bond donors (Lipinski definition) is 2. The maximum atomic E-state index is 10.6. The number of carboxylic acids is 1. The molecule has 0 spiro atoms. The van der Waals surface area contributed by atoms with Crippen LogP contribution in [-0.2, 0) is 4.79 Å². The summed E-state index contributed by atoms with van der Waals surface area (Å²) in [6, 6.07) is 0. The molecule has 1 aliphatic heterocycles. The lowest BCUT2D eigenvalue weighted by molar-refractivity contribution is -0.131. The summed E-state index contributed by atoms with van der Waals surface area (Å²) in [7, 11) is 0. The van der Waals surface area contributed by atoms with Crippen molar-refractivity contribution in [3.05, 3.63) is 35.6 Å². The van der Waals surface area contributed by atoms with Crippen molar-refractivity contribution in [1.82, 2.24) is 5.32 Å². The summed E-state index contributed by atoms with van der Waals surface area (Å²) in [6.45, 7) is 0.870. The van der Waals surface area contributed by atoms with Crippen molar-refractivity contribution in [2.45, 2.75) is 12.8 Å². The zero-order chi connectivity index (χ0) is 9.97. The Labute approximate surface area is 82.8 Å². The standard InChI is InChI=1S/C11H13NO2/c13-11(14)7-10-9-4-2-1-3-8(9)5-6-12-10/h1-2,4,7-8,12H,3,5-6H2,(H,13,14). The molecule has 0 radical (unpaired) electrons. The Hall–Kier alpha value is -1.51. The Bertz CT molecular complexity index is 339. The first-order valence-corrected chi connectivity index (χ1v) is 4.83. The van der Waals surface area contributed by atoms with E-state index in [1.807, 2.05) is 12.2 Å². The van der Waals surface area contributed by atoms with E-state index >= 15 is 0 Å². The van der Waals surface area contributed by atoms with E-state index in [1.54, 1.807) is 0 Å². The molecule has 2 N–H and O–H groups in total. The van der Waals surface area contributed by atoms with Gasteiger partial charge in [-0.25, -0.2) is 4.79 Å². The number of hydrogen-bond acceptors (Lipinski definition) is 2. The molecule has 3 heteroatoms. The summed E-state index contributed by atoms with van der Waals surface area (Å²) >= 11 is 0. The first-order chi connectivity index (χ1) is 6.77. The van der Waals surface area contributed by atoms with Crippen LogP contribution >= 0.6 is 0 Å². The largest absolute Gasteiger partial charge is 0.478 e. The molecular weight excluding hydrogens is 178 g/mol. The van der Waals surface area contributed by atoms with Gasteiger partial charge in [-0.05, 0) is 24.3 Å². The van der Waals surface area contributed by atoms with Crippen LogP contribution in [0.4, 0.5) is 0 Å². The number of allylic oxidation sites excluding steroid dienone is 4. The summed E-state index contributed by atoms with van der Waals surface area (Å²) in [5.74, 6) is -0.379. The monoisotopic (exact) mass is 191 g/mol. The van der Waals surface area contributed by atoms with E-state index in [9.17, 15) is 4.79 Å². The summed E-state index contributed by atoms with van der Waals surface area (Å²) in [5.41, 5.74) is 1.92. The number of carboxylic acid groups (broad SMARTS) is 1. The number of aliphatic carboxylic acids is 1. The van der Waals surface area contributed by atoms with E-state index < -0.39 is 5.97 Å². The van der Waals surface area contributed by atoms with Crippen LogP contribution in [0, 0.1) is 5.92 Å². The molecule has 74 valence electrons. The first-order valence-electron chi connectivity index (χ1n) is 4.83. The highest BCUT2D eigenvalue weighted by Crippen LogP contribution is 2.31. The second kappa shape index (κ2) is 3.70. The average Bonchev–Trinajstić information content (AvgIpc) is 2.18. The lowest BCUT2D eigenvalue weighted by atomic mass is 9.84. The molecule has 3 nitrogen and oxygen atoms in total. The quantitative estimate of drug-likeness (QED) is 0.617. The van der Waals surface area contributed by atoms with E-state index in [-0.39, 0.29) is 0 Å². The van der Waals surface area contributed by atoms with Crippen molar-refractivity contribution in [1.29, 1.82) is 0 Å². The van der Waals surface area contributed by atoms with E-state index in [0.717, 1.165) is 30.7 Å². The molecule has 2 rings (SSSR count). The Kier molecular flexibility index (Phi) is 2.39. The van der Waals surface area contributed by atoms with Crippen LogP contribution in [-0.4, -0.2) is 17.6 Å². The molecule has 1 heterocycles. The lowest BCUT2D eigenvalue weighted by Gasteiger charge is -2.29. The summed E-state index contributed by atoms with van der Waals surface area (Å²) < 4.78 is 0. The van der Waals surface area contributed by atoms with Crippen LogP contribution in [0.2, 0.25) is 0 Å². The van der Waals surface area contributed by atoms with Gasteiger partial charge in [0, 0.05) is 18.3 Å². The zero-order valence-electron chi connectivity index (χ0n) is 7.86. The molecule has 0 aromatic heterocycles. The predicted octanol–water partition coefficient (Wildman–Crippen LogP) is 1.45. The lowest BCUT2D eigenvalue weighted by Crippen LogP contribution is -2.29. The molecule has 0 bridgehead atoms. The zero-order valence-corrected chi connectivity index (χ0v) is 7.86. The van der Waals surface area contributed by atoms with Gasteiger partial charge in [0.25, 0.3) is 0 Å². The summed E-state index contributed by atoms with van der Waals surface area (Å²) in [5, 5.41) is 11.8. The van der Waals surface area contributed by atoms with Crippen LogP contribution in [0.1, 0.15) is 12.8 Å². The fourth-order valence-electron chi connectivity index (χ4n) is 2.00. The third-order valence-corrected chi connectivity index (χ3v) is 2.66. The molecule has 0 amide bonds. The molecule has 1 aliphatic carbocycles. The van der Waals surface area contributed by atoms with Crippen LogP contribution < -0.4 is 5.32 Å². The molecule has 14 heavy (non-hydrogen) atoms. The third kappa shape index (κ3) is 1.71. The van der Waals surface area contributed by atoms with Crippen molar-refractivity contribution in [2.75, 3.05) is 6.54 Å². The van der Waals surface area contributed by atoms with Gasteiger partial charge in [0.1, 0.15) is 0 Å². The van der Waals surface area contributed by atoms with Gasteiger partial charge in [0.15, 0.2) is 0 Å². The fraction of sp³-hybridized carbons (Fsp3) is 0.364. The van der Waals surface area contributed by atoms with E-state index in [1.165, 1.54) is 6.08 Å². The van der Waals surface area contributed by atoms with Crippen molar-refractivity contribution < 1.29 is 9.90 Å². The van der Waals surface area contributed by atoms with Gasteiger partial charge >= 0.3 is 5.97 Å². The molecule has 1 unspecified atom stereocenters. The van der Waals surface area contributed by atoms with Gasteiger partial charge in [-0.2, -0.15) is 0 Å². The Morgan fingerprint density at radius 3 is 3.29 bits per heavy atom. The number of carbonyl (C=O) groups is 1. The molecule has 0 aromatic carbocycles. The molecule has 0 saturated carbocycles. The minimum atomic E-state index is -0.886. The normalized spacial score (nSPS) is 27.9. The molecule has 0 aromatic rings. The Morgan fingerprint density at radius 1 is 1.64 bits per heavy atom. The van der Waals surface area contributed by atoms with Crippen LogP contribution in [0.3, 0.4) is 0 Å². The number of nitrogens with one attached hydrogen (secondary N) is 1. The van der Waals surface area contributed by atoms with Crippen LogP contribution in [0.25, 0.3) is 0 Å². The van der Waals surface area contributed by atoms with Crippen molar-refractivity contribution >= 4 is 5.97 Å². The maximum Gasteiger partial charge on any atom is 0.330 e. The Morgan fingerprint density at radius 2 is 2.50 bits per heavy atom. The van der Waals surface area contributed by atoms with Gasteiger partial charge in [-0.15, -0.1) is 0 Å². The van der Waals surface area contributed by atoms with Crippen molar-refractivity contribution in [2.24, 2.45) is 5.92 Å². The fourth-order valence-corrected chi connectivity index (χ4v) is 2.00. The maximum absolute atomic E-state index is 10.6. The predicted molar refractivity (Wildman–Crippen MR) is 53.7 cm³/mol. The average molecular weight is 191 g/mol. The molecule has 1 atom stereocenters. The van der Waals surface area contributed by atoms with Gasteiger partial charge in [0.05, 0.1) is 0 Å². The van der Waals surface area contributed by atoms with Gasteiger partial charge < -0.3 is 10.4 Å². The smallest absolute Gasteiger partial charge is 0.330 e. The highest BCUT2D eigenvalue weighted by molar-refractivity contribution is 5.81. The van der Waals surface area contributed by atoms with E-state index in [4.69, 9.17) is 5.11 Å². The highest BCUT2D eigenvalue weighted by Gasteiger charge is 2.23. The van der Waals surface area contributed by atoms with Crippen LogP contribution in [0.15, 0.2) is 35.6 Å². The summed E-state index contributed by atoms with van der Waals surface area (Å²) in [6.07, 6.45) is 9.52. The number of rotatable bonds is 1. The van der Waals surface area contributed by atoms with E-state index in [2.05, 4.69) is 11.4 Å². The van der Waals surface area contributed by atoms with E-state index in [0.29, 0.717) is 5.92 Å². The highest BCUT2D eigenvalue weighted by atomic mass is 16.4. The summed E-state index contributed by atoms with van der Waals surface area (Å²) in [4.78, 5) is 10.6. The van der Waals surface area contributed by atoms with Gasteiger partial charge in [-0.3, -0.25) is 0 Å². The van der Waals surface area contributed by atoms with Crippen molar-refractivity contribution in [3.8, 4) is 0 Å². The Balaban J connectivity index is 2.28. The number of piperidine rings is 1. The number of fused-ring (bicyclic) bond motifs is 1. The van der Waals surface area contributed by atoms with Gasteiger partial charge in [-0.1, -0.05) is 18.2 Å². The molecule has 2 aliphatic rings. The minimum absolute atomic E-state index is 0.506. The van der Waals surface area contributed by atoms with Gasteiger partial charge in [0.2, 0.25) is 0 Å². The molecule has 1 saturated heterocycles.